The van der Waals surface area contributed by atoms with Crippen molar-refractivity contribution in [3.05, 3.63) is 85.1 Å². The number of ether oxygens (including phenoxy) is 3. The fourth-order valence-corrected chi connectivity index (χ4v) is 7.55. The Hall–Kier alpha value is -3.41. The van der Waals surface area contributed by atoms with Crippen LogP contribution in [0.1, 0.15) is 258 Å². The van der Waals surface area contributed by atoms with Gasteiger partial charge in [0.1, 0.15) is 13.2 Å². The Morgan fingerprint density at radius 3 is 0.924 bits per heavy atom. The fourth-order valence-electron chi connectivity index (χ4n) is 7.55. The molecular formula is C60H102O6. The first-order valence-electron chi connectivity index (χ1n) is 27.6. The lowest BCUT2D eigenvalue weighted by molar-refractivity contribution is -0.167. The molecule has 0 N–H and O–H groups in total. The molecule has 1 unspecified atom stereocenters. The third-order valence-corrected chi connectivity index (χ3v) is 11.7. The quantitative estimate of drug-likeness (QED) is 0.0262. The molecule has 378 valence electrons. The lowest BCUT2D eigenvalue weighted by atomic mass is 10.0. The molecule has 66 heavy (non-hydrogen) atoms. The smallest absolute Gasteiger partial charge is 0.306 e. The van der Waals surface area contributed by atoms with Crippen LogP contribution in [0.25, 0.3) is 0 Å². The van der Waals surface area contributed by atoms with E-state index in [2.05, 4.69) is 106 Å². The Balaban J connectivity index is 4.42. The normalized spacial score (nSPS) is 12.7. The molecule has 1 atom stereocenters. The van der Waals surface area contributed by atoms with Gasteiger partial charge in [-0.2, -0.15) is 0 Å². The third-order valence-electron chi connectivity index (χ3n) is 11.7. The van der Waals surface area contributed by atoms with Gasteiger partial charge in [0.2, 0.25) is 0 Å². The topological polar surface area (TPSA) is 78.9 Å². The van der Waals surface area contributed by atoms with Gasteiger partial charge in [0.05, 0.1) is 0 Å². The van der Waals surface area contributed by atoms with Crippen LogP contribution in [0.15, 0.2) is 85.1 Å². The predicted molar refractivity (Wildman–Crippen MR) is 284 cm³/mol. The highest BCUT2D eigenvalue weighted by molar-refractivity contribution is 5.71. The van der Waals surface area contributed by atoms with Gasteiger partial charge in [-0.25, -0.2) is 0 Å². The summed E-state index contributed by atoms with van der Waals surface area (Å²) in [6, 6.07) is 0. The van der Waals surface area contributed by atoms with E-state index in [0.29, 0.717) is 19.3 Å². The van der Waals surface area contributed by atoms with Crippen LogP contribution in [0, 0.1) is 0 Å². The Morgan fingerprint density at radius 2 is 0.591 bits per heavy atom. The summed E-state index contributed by atoms with van der Waals surface area (Å²) in [5, 5.41) is 0. The largest absolute Gasteiger partial charge is 0.462 e. The summed E-state index contributed by atoms with van der Waals surface area (Å²) in [4.78, 5) is 38.0. The minimum absolute atomic E-state index is 0.0913. The lowest BCUT2D eigenvalue weighted by Crippen LogP contribution is -2.30. The summed E-state index contributed by atoms with van der Waals surface area (Å²) in [5.74, 6) is -0.949. The van der Waals surface area contributed by atoms with E-state index in [4.69, 9.17) is 14.2 Å². The Morgan fingerprint density at radius 1 is 0.318 bits per heavy atom. The minimum atomic E-state index is -0.796. The van der Waals surface area contributed by atoms with Crippen molar-refractivity contribution in [2.75, 3.05) is 13.2 Å². The van der Waals surface area contributed by atoms with Crippen LogP contribution in [0.5, 0.6) is 0 Å². The second kappa shape index (κ2) is 54.2. The zero-order chi connectivity index (χ0) is 47.9. The molecule has 0 spiro atoms. The zero-order valence-electron chi connectivity index (χ0n) is 43.2. The van der Waals surface area contributed by atoms with Crippen LogP contribution in [0.3, 0.4) is 0 Å². The van der Waals surface area contributed by atoms with Gasteiger partial charge in [0.25, 0.3) is 0 Å². The number of unbranched alkanes of at least 4 members (excludes halogenated alkanes) is 24. The van der Waals surface area contributed by atoms with Crippen molar-refractivity contribution in [3.63, 3.8) is 0 Å². The number of allylic oxidation sites excluding steroid dienone is 14. The SMILES string of the molecule is CC/C=C\C/C=C\C/C=C\C/C=C\C/C=C\C/C=C\C/C=C\CCCC(=O)OCC(COC(=O)CCCCCCCCCCCCC)OC(=O)CCCCCCCCCCCCCCCC. The van der Waals surface area contributed by atoms with Gasteiger partial charge >= 0.3 is 17.9 Å². The van der Waals surface area contributed by atoms with Crippen molar-refractivity contribution in [1.82, 2.24) is 0 Å². The predicted octanol–water partition coefficient (Wildman–Crippen LogP) is 18.4. The number of carbonyl (C=O) groups is 3. The van der Waals surface area contributed by atoms with Crippen LogP contribution in [0.2, 0.25) is 0 Å². The maximum Gasteiger partial charge on any atom is 0.306 e. The van der Waals surface area contributed by atoms with Gasteiger partial charge in [0.15, 0.2) is 6.10 Å². The number of hydrogen-bond acceptors (Lipinski definition) is 6. The molecule has 0 radical (unpaired) electrons. The molecule has 0 aliphatic heterocycles. The summed E-state index contributed by atoms with van der Waals surface area (Å²) in [6.07, 6.45) is 70.0. The van der Waals surface area contributed by atoms with E-state index in [-0.39, 0.29) is 37.5 Å². The van der Waals surface area contributed by atoms with E-state index in [0.717, 1.165) is 89.9 Å². The van der Waals surface area contributed by atoms with Gasteiger partial charge in [-0.15, -0.1) is 0 Å². The fraction of sp³-hybridized carbons (Fsp3) is 0.717. The van der Waals surface area contributed by atoms with Crippen molar-refractivity contribution >= 4 is 17.9 Å². The number of hydrogen-bond donors (Lipinski definition) is 0. The zero-order valence-corrected chi connectivity index (χ0v) is 43.2. The van der Waals surface area contributed by atoms with Gasteiger partial charge in [-0.3, -0.25) is 14.4 Å². The maximum absolute atomic E-state index is 12.8. The summed E-state index contributed by atoms with van der Waals surface area (Å²) in [6.45, 7) is 6.48. The van der Waals surface area contributed by atoms with Crippen LogP contribution < -0.4 is 0 Å². The van der Waals surface area contributed by atoms with Crippen LogP contribution >= 0.6 is 0 Å². The molecule has 0 aromatic heterocycles. The van der Waals surface area contributed by atoms with E-state index < -0.39 is 6.10 Å². The lowest BCUT2D eigenvalue weighted by Gasteiger charge is -2.18. The van der Waals surface area contributed by atoms with Crippen LogP contribution in [0.4, 0.5) is 0 Å². The minimum Gasteiger partial charge on any atom is -0.462 e. The average molecular weight is 919 g/mol. The molecule has 0 aromatic rings. The molecule has 0 rings (SSSR count). The number of esters is 3. The van der Waals surface area contributed by atoms with E-state index >= 15 is 0 Å². The van der Waals surface area contributed by atoms with E-state index in [9.17, 15) is 14.4 Å². The van der Waals surface area contributed by atoms with Crippen LogP contribution in [-0.4, -0.2) is 37.2 Å². The summed E-state index contributed by atoms with van der Waals surface area (Å²) >= 11 is 0. The highest BCUT2D eigenvalue weighted by Crippen LogP contribution is 2.15. The first-order valence-corrected chi connectivity index (χ1v) is 27.6. The monoisotopic (exact) mass is 919 g/mol. The summed E-state index contributed by atoms with van der Waals surface area (Å²) in [7, 11) is 0. The molecule has 0 aliphatic rings. The van der Waals surface area contributed by atoms with Gasteiger partial charge in [0, 0.05) is 19.3 Å². The first kappa shape index (κ1) is 62.6. The van der Waals surface area contributed by atoms with Crippen molar-refractivity contribution < 1.29 is 28.6 Å². The van der Waals surface area contributed by atoms with Gasteiger partial charge in [-0.05, 0) is 70.6 Å². The molecular weight excluding hydrogens is 817 g/mol. The Labute approximate surface area is 407 Å². The number of rotatable bonds is 49. The molecule has 0 bridgehead atoms. The second-order valence-corrected chi connectivity index (χ2v) is 18.1. The maximum atomic E-state index is 12.8. The summed E-state index contributed by atoms with van der Waals surface area (Å²) in [5.41, 5.74) is 0. The number of carbonyl (C=O) groups excluding carboxylic acids is 3. The molecule has 0 amide bonds. The average Bonchev–Trinajstić information content (AvgIpc) is 3.31. The van der Waals surface area contributed by atoms with Crippen molar-refractivity contribution in [3.8, 4) is 0 Å². The second-order valence-electron chi connectivity index (χ2n) is 18.1. The molecule has 6 nitrogen and oxygen atoms in total. The molecule has 0 heterocycles. The molecule has 0 fully saturated rings. The molecule has 0 aliphatic carbocycles. The Kier molecular flexibility index (Phi) is 51.4. The van der Waals surface area contributed by atoms with E-state index in [1.165, 1.54) is 122 Å². The highest BCUT2D eigenvalue weighted by atomic mass is 16.6. The highest BCUT2D eigenvalue weighted by Gasteiger charge is 2.19. The molecule has 0 saturated heterocycles. The molecule has 6 heteroatoms. The van der Waals surface area contributed by atoms with Crippen molar-refractivity contribution in [2.45, 2.75) is 264 Å². The molecule has 0 aromatic carbocycles. The molecule has 0 saturated carbocycles. The first-order chi connectivity index (χ1) is 32.5. The van der Waals surface area contributed by atoms with E-state index in [1.807, 2.05) is 0 Å². The van der Waals surface area contributed by atoms with Gasteiger partial charge < -0.3 is 14.2 Å². The third kappa shape index (κ3) is 51.6. The Bertz CT molecular complexity index is 1290. The van der Waals surface area contributed by atoms with E-state index in [1.54, 1.807) is 0 Å². The van der Waals surface area contributed by atoms with Crippen LogP contribution in [-0.2, 0) is 28.6 Å². The van der Waals surface area contributed by atoms with Crippen molar-refractivity contribution in [1.29, 1.82) is 0 Å². The van der Waals surface area contributed by atoms with Gasteiger partial charge in [-0.1, -0.05) is 254 Å². The summed E-state index contributed by atoms with van der Waals surface area (Å²) < 4.78 is 16.8. The standard InChI is InChI=1S/C60H102O6/c1-4-7-10-13-16-19-22-24-26-27-28-29-30-31-32-33-34-36-38-41-44-47-50-53-59(62)65-56-57(55-64-58(61)52-49-46-43-40-37-21-18-15-12-9-6-3)66-60(63)54-51-48-45-42-39-35-25-23-20-17-14-11-8-5-2/h7,10,16,19,24,26,28-29,31-32,34,36,41,44,57H,4-6,8-9,11-15,17-18,20-23,25,27,30,33,35,37-40,42-43,45-56H2,1-3H3/b10-7-,19-16-,26-24-,29-28-,32-31-,36-34-,44-41-. The van der Waals surface area contributed by atoms with Crippen molar-refractivity contribution in [2.24, 2.45) is 0 Å².